The number of nitrogens with one attached hydrogen (secondary N) is 1. The monoisotopic (exact) mass is 348 g/mol. The molecule has 0 aliphatic heterocycles. The molecule has 0 aliphatic rings. The van der Waals surface area contributed by atoms with E-state index in [0.29, 0.717) is 23.6 Å². The molecule has 0 atom stereocenters. The van der Waals surface area contributed by atoms with Gasteiger partial charge >= 0.3 is 0 Å². The maximum absolute atomic E-state index is 13.8. The van der Waals surface area contributed by atoms with Crippen molar-refractivity contribution in [2.75, 3.05) is 11.1 Å². The van der Waals surface area contributed by atoms with Crippen LogP contribution in [0.15, 0.2) is 54.6 Å². The molecule has 130 valence electrons. The summed E-state index contributed by atoms with van der Waals surface area (Å²) in [4.78, 5) is 7.99. The molecule has 7 heteroatoms. The Morgan fingerprint density at radius 2 is 1.85 bits per heavy atom. The Morgan fingerprint density at radius 1 is 1.04 bits per heavy atom. The van der Waals surface area contributed by atoms with Gasteiger partial charge in [-0.05, 0) is 36.8 Å². The normalized spacial score (nSPS) is 11.0. The summed E-state index contributed by atoms with van der Waals surface area (Å²) in [7, 11) is 0. The first-order valence-corrected chi connectivity index (χ1v) is 8.18. The van der Waals surface area contributed by atoms with Gasteiger partial charge in [-0.3, -0.25) is 0 Å². The van der Waals surface area contributed by atoms with Gasteiger partial charge in [0, 0.05) is 17.8 Å². The zero-order valence-electron chi connectivity index (χ0n) is 14.1. The third kappa shape index (κ3) is 3.06. The molecule has 3 aromatic heterocycles. The second-order valence-electron chi connectivity index (χ2n) is 5.99. The van der Waals surface area contributed by atoms with Gasteiger partial charge in [0.05, 0.1) is 11.4 Å². The number of aryl methyl sites for hydroxylation is 1. The highest BCUT2D eigenvalue weighted by molar-refractivity contribution is 5.64. The summed E-state index contributed by atoms with van der Waals surface area (Å²) < 4.78 is 15.5. The summed E-state index contributed by atoms with van der Waals surface area (Å²) in [6.07, 6.45) is 0. The molecule has 1 aromatic carbocycles. The molecule has 0 saturated carbocycles. The third-order valence-electron chi connectivity index (χ3n) is 4.10. The van der Waals surface area contributed by atoms with E-state index in [1.165, 1.54) is 0 Å². The number of fused-ring (bicyclic) bond motifs is 1. The summed E-state index contributed by atoms with van der Waals surface area (Å²) >= 11 is 0. The second-order valence-corrected chi connectivity index (χ2v) is 5.99. The number of pyridine rings is 2. The number of nitrogens with zero attached hydrogens (tertiary/aromatic N) is 4. The van der Waals surface area contributed by atoms with Crippen LogP contribution in [0.25, 0.3) is 16.9 Å². The lowest BCUT2D eigenvalue weighted by Gasteiger charge is -2.09. The SMILES string of the molecule is Cc1ccc(NCc2ccc(-c3cccc4nc(N)nn34)cc2)c(F)n1. The van der Waals surface area contributed by atoms with E-state index in [4.69, 9.17) is 5.73 Å². The number of rotatable bonds is 4. The fourth-order valence-electron chi connectivity index (χ4n) is 2.79. The number of hydrogen-bond donors (Lipinski definition) is 2. The average molecular weight is 348 g/mol. The van der Waals surface area contributed by atoms with Gasteiger partial charge in [0.1, 0.15) is 0 Å². The lowest BCUT2D eigenvalue weighted by atomic mass is 10.1. The van der Waals surface area contributed by atoms with Crippen LogP contribution < -0.4 is 11.1 Å². The summed E-state index contributed by atoms with van der Waals surface area (Å²) in [5.41, 5.74) is 10.4. The van der Waals surface area contributed by atoms with Crippen molar-refractivity contribution in [1.29, 1.82) is 0 Å². The van der Waals surface area contributed by atoms with Gasteiger partial charge in [-0.15, -0.1) is 5.10 Å². The number of benzene rings is 1. The topological polar surface area (TPSA) is 81.1 Å². The van der Waals surface area contributed by atoms with E-state index in [1.54, 1.807) is 23.6 Å². The summed E-state index contributed by atoms with van der Waals surface area (Å²) in [6, 6.07) is 17.2. The van der Waals surface area contributed by atoms with Crippen LogP contribution in [0.5, 0.6) is 0 Å². The molecule has 6 nitrogen and oxygen atoms in total. The quantitative estimate of drug-likeness (QED) is 0.552. The van der Waals surface area contributed by atoms with Crippen molar-refractivity contribution in [3.63, 3.8) is 0 Å². The van der Waals surface area contributed by atoms with Crippen molar-refractivity contribution in [3.05, 3.63) is 71.8 Å². The molecule has 0 radical (unpaired) electrons. The molecule has 0 bridgehead atoms. The minimum absolute atomic E-state index is 0.243. The molecule has 0 fully saturated rings. The number of nitrogen functional groups attached to an aromatic ring is 1. The van der Waals surface area contributed by atoms with Crippen LogP contribution in [0.4, 0.5) is 16.0 Å². The number of halogens is 1. The number of hydrogen-bond acceptors (Lipinski definition) is 5. The van der Waals surface area contributed by atoms with Gasteiger partial charge in [0.15, 0.2) is 5.65 Å². The van der Waals surface area contributed by atoms with Crippen LogP contribution in [-0.4, -0.2) is 19.6 Å². The van der Waals surface area contributed by atoms with Crippen molar-refractivity contribution >= 4 is 17.3 Å². The molecule has 3 N–H and O–H groups in total. The van der Waals surface area contributed by atoms with Crippen LogP contribution >= 0.6 is 0 Å². The van der Waals surface area contributed by atoms with Crippen LogP contribution in [0.3, 0.4) is 0 Å². The highest BCUT2D eigenvalue weighted by Crippen LogP contribution is 2.21. The molecular weight excluding hydrogens is 331 g/mol. The Hall–Kier alpha value is -3.48. The van der Waals surface area contributed by atoms with Gasteiger partial charge in [-0.1, -0.05) is 30.3 Å². The lowest BCUT2D eigenvalue weighted by Crippen LogP contribution is -2.03. The van der Waals surface area contributed by atoms with Crippen LogP contribution in [0.2, 0.25) is 0 Å². The van der Waals surface area contributed by atoms with E-state index in [2.05, 4.69) is 20.4 Å². The molecule has 0 unspecified atom stereocenters. The summed E-state index contributed by atoms with van der Waals surface area (Å²) in [5, 5.41) is 7.29. The minimum atomic E-state index is -0.489. The van der Waals surface area contributed by atoms with E-state index in [9.17, 15) is 4.39 Å². The fourth-order valence-corrected chi connectivity index (χ4v) is 2.79. The zero-order valence-corrected chi connectivity index (χ0v) is 14.1. The van der Waals surface area contributed by atoms with Crippen molar-refractivity contribution in [2.24, 2.45) is 0 Å². The first-order chi connectivity index (χ1) is 12.6. The largest absolute Gasteiger partial charge is 0.377 e. The number of aromatic nitrogens is 4. The van der Waals surface area contributed by atoms with Crippen molar-refractivity contribution < 1.29 is 4.39 Å². The Kier molecular flexibility index (Phi) is 3.96. The van der Waals surface area contributed by atoms with Gasteiger partial charge in [-0.2, -0.15) is 9.37 Å². The Balaban J connectivity index is 1.55. The van der Waals surface area contributed by atoms with Gasteiger partial charge in [-0.25, -0.2) is 9.50 Å². The highest BCUT2D eigenvalue weighted by atomic mass is 19.1. The van der Waals surface area contributed by atoms with E-state index in [-0.39, 0.29) is 5.95 Å². The fraction of sp³-hybridized carbons (Fsp3) is 0.105. The molecular formula is C19H17FN6. The van der Waals surface area contributed by atoms with Crippen LogP contribution in [-0.2, 0) is 6.54 Å². The van der Waals surface area contributed by atoms with E-state index >= 15 is 0 Å². The molecule has 0 saturated heterocycles. The maximum atomic E-state index is 13.8. The van der Waals surface area contributed by atoms with Crippen LogP contribution in [0, 0.1) is 12.9 Å². The van der Waals surface area contributed by atoms with E-state index in [0.717, 1.165) is 16.8 Å². The summed E-state index contributed by atoms with van der Waals surface area (Å²) in [5.74, 6) is -0.246. The lowest BCUT2D eigenvalue weighted by molar-refractivity contribution is 0.583. The van der Waals surface area contributed by atoms with Crippen molar-refractivity contribution in [3.8, 4) is 11.3 Å². The second kappa shape index (κ2) is 6.44. The predicted molar refractivity (Wildman–Crippen MR) is 99.1 cm³/mol. The average Bonchev–Trinajstić information content (AvgIpc) is 3.01. The first kappa shape index (κ1) is 16.0. The molecule has 0 spiro atoms. The van der Waals surface area contributed by atoms with Crippen molar-refractivity contribution in [2.45, 2.75) is 13.5 Å². The summed E-state index contributed by atoms with van der Waals surface area (Å²) in [6.45, 7) is 2.26. The van der Waals surface area contributed by atoms with E-state index < -0.39 is 5.95 Å². The Labute approximate surface area is 149 Å². The number of anilines is 2. The molecule has 3 heterocycles. The molecule has 4 aromatic rings. The van der Waals surface area contributed by atoms with Crippen LogP contribution in [0.1, 0.15) is 11.3 Å². The first-order valence-electron chi connectivity index (χ1n) is 8.18. The smallest absolute Gasteiger partial charge is 0.240 e. The molecule has 26 heavy (non-hydrogen) atoms. The maximum Gasteiger partial charge on any atom is 0.240 e. The zero-order chi connectivity index (χ0) is 18.1. The van der Waals surface area contributed by atoms with Gasteiger partial charge in [0.2, 0.25) is 11.9 Å². The Morgan fingerprint density at radius 3 is 2.62 bits per heavy atom. The Bertz CT molecular complexity index is 1070. The molecule has 0 amide bonds. The molecule has 0 aliphatic carbocycles. The van der Waals surface area contributed by atoms with Crippen molar-refractivity contribution in [1.82, 2.24) is 19.6 Å². The molecule has 4 rings (SSSR count). The van der Waals surface area contributed by atoms with E-state index in [1.807, 2.05) is 42.5 Å². The standard InChI is InChI=1S/C19H17FN6/c1-12-5-10-15(18(20)23-12)22-11-13-6-8-14(9-7-13)16-3-2-4-17-24-19(21)25-26(16)17/h2-10,22H,11H2,1H3,(H2,21,25). The third-order valence-corrected chi connectivity index (χ3v) is 4.10. The van der Waals surface area contributed by atoms with Gasteiger partial charge < -0.3 is 11.1 Å². The number of nitrogens with two attached hydrogens (primary N) is 1. The minimum Gasteiger partial charge on any atom is -0.377 e. The van der Waals surface area contributed by atoms with Gasteiger partial charge in [0.25, 0.3) is 0 Å². The predicted octanol–water partition coefficient (Wildman–Crippen LogP) is 3.43. The highest BCUT2D eigenvalue weighted by Gasteiger charge is 2.08.